The Morgan fingerprint density at radius 3 is 2.12 bits per heavy atom. The van der Waals surface area contributed by atoms with Gasteiger partial charge in [0.05, 0.1) is 40.7 Å². The molecule has 1 saturated heterocycles. The van der Waals surface area contributed by atoms with Gasteiger partial charge in [0.25, 0.3) is 0 Å². The summed E-state index contributed by atoms with van der Waals surface area (Å²) in [4.78, 5) is 15.1. The fourth-order valence-corrected chi connectivity index (χ4v) is 4.11. The van der Waals surface area contributed by atoms with Gasteiger partial charge in [-0.3, -0.25) is 4.79 Å². The van der Waals surface area contributed by atoms with Gasteiger partial charge >= 0.3 is 0 Å². The molecule has 184 valence electrons. The number of ether oxygens (including phenoxy) is 4. The lowest BCUT2D eigenvalue weighted by molar-refractivity contribution is -0.121. The van der Waals surface area contributed by atoms with Gasteiger partial charge in [0.15, 0.2) is 11.5 Å². The third-order valence-corrected chi connectivity index (χ3v) is 6.01. The Hall–Kier alpha value is -3.23. The molecule has 1 aliphatic rings. The van der Waals surface area contributed by atoms with E-state index in [9.17, 15) is 4.79 Å². The van der Waals surface area contributed by atoms with Crippen LogP contribution in [0.15, 0.2) is 30.3 Å². The number of carbonyl (C=O) groups is 1. The van der Waals surface area contributed by atoms with Crippen molar-refractivity contribution in [3.63, 3.8) is 0 Å². The summed E-state index contributed by atoms with van der Waals surface area (Å²) >= 11 is 0. The number of rotatable bonds is 10. The van der Waals surface area contributed by atoms with Crippen LogP contribution in [0.4, 0.5) is 5.69 Å². The first-order chi connectivity index (χ1) is 16.5. The van der Waals surface area contributed by atoms with E-state index in [0.717, 1.165) is 37.1 Å². The molecule has 2 aromatic rings. The van der Waals surface area contributed by atoms with Gasteiger partial charge in [0.2, 0.25) is 11.7 Å². The molecule has 0 atom stereocenters. The van der Waals surface area contributed by atoms with Gasteiger partial charge in [0, 0.05) is 12.5 Å². The minimum absolute atomic E-state index is 0.00675. The number of nitrogens with one attached hydrogen (secondary N) is 1. The van der Waals surface area contributed by atoms with Crippen LogP contribution in [0.3, 0.4) is 0 Å². The molecule has 0 unspecified atom stereocenters. The molecule has 0 saturated carbocycles. The van der Waals surface area contributed by atoms with Crippen molar-refractivity contribution in [3.8, 4) is 23.0 Å². The molecule has 0 aromatic heterocycles. The van der Waals surface area contributed by atoms with Crippen LogP contribution in [0.1, 0.15) is 24.0 Å². The molecule has 2 N–H and O–H groups in total. The van der Waals surface area contributed by atoms with Crippen LogP contribution in [0, 0.1) is 5.92 Å². The zero-order chi connectivity index (χ0) is 24.5. The number of hydrogen-bond donors (Lipinski definition) is 2. The van der Waals surface area contributed by atoms with Crippen molar-refractivity contribution < 1.29 is 28.8 Å². The van der Waals surface area contributed by atoms with Crippen LogP contribution in [-0.2, 0) is 4.79 Å². The number of carbonyl (C=O) groups excluding carboxylic acids is 1. The highest BCUT2D eigenvalue weighted by Crippen LogP contribution is 2.38. The molecule has 2 aromatic carbocycles. The monoisotopic (exact) mass is 470 g/mol. The minimum Gasteiger partial charge on any atom is -0.495 e. The summed E-state index contributed by atoms with van der Waals surface area (Å²) in [5.41, 5.74) is 2.42. The molecule has 1 amide bonds. The Morgan fingerprint density at radius 1 is 0.941 bits per heavy atom. The van der Waals surface area contributed by atoms with E-state index in [4.69, 9.17) is 24.1 Å². The van der Waals surface area contributed by atoms with Gasteiger partial charge in [-0.1, -0.05) is 18.2 Å². The molecule has 8 nitrogen and oxygen atoms in total. The van der Waals surface area contributed by atoms with Gasteiger partial charge in [0.1, 0.15) is 5.75 Å². The number of aliphatic hydroxyl groups is 1. The fourth-order valence-electron chi connectivity index (χ4n) is 4.11. The van der Waals surface area contributed by atoms with E-state index in [-0.39, 0.29) is 18.4 Å². The average Bonchev–Trinajstić information content (AvgIpc) is 2.87. The molecule has 1 heterocycles. The van der Waals surface area contributed by atoms with E-state index < -0.39 is 0 Å². The molecular formula is C26H34N2O6. The van der Waals surface area contributed by atoms with Crippen molar-refractivity contribution in [1.82, 2.24) is 4.90 Å². The van der Waals surface area contributed by atoms with E-state index in [0.29, 0.717) is 35.2 Å². The highest BCUT2D eigenvalue weighted by atomic mass is 16.5. The van der Waals surface area contributed by atoms with Crippen LogP contribution in [0.25, 0.3) is 12.2 Å². The average molecular weight is 471 g/mol. The van der Waals surface area contributed by atoms with Gasteiger partial charge in [-0.15, -0.1) is 0 Å². The maximum absolute atomic E-state index is 12.9. The summed E-state index contributed by atoms with van der Waals surface area (Å²) in [5.74, 6) is 2.24. The molecule has 1 aliphatic heterocycles. The van der Waals surface area contributed by atoms with Crippen molar-refractivity contribution in [2.75, 3.05) is 60.0 Å². The first-order valence-electron chi connectivity index (χ1n) is 11.3. The van der Waals surface area contributed by atoms with Crippen LogP contribution in [0.2, 0.25) is 0 Å². The number of nitrogens with zero attached hydrogens (tertiary/aromatic N) is 1. The normalized spacial score (nSPS) is 14.7. The second kappa shape index (κ2) is 12.3. The molecule has 1 fully saturated rings. The number of piperidine rings is 1. The summed E-state index contributed by atoms with van der Waals surface area (Å²) in [6.45, 7) is 2.42. The van der Waals surface area contributed by atoms with Crippen molar-refractivity contribution in [2.24, 2.45) is 5.92 Å². The lowest BCUT2D eigenvalue weighted by Gasteiger charge is -2.30. The summed E-state index contributed by atoms with van der Waals surface area (Å²) in [6.07, 6.45) is 5.43. The van der Waals surface area contributed by atoms with Crippen LogP contribution >= 0.6 is 0 Å². The summed E-state index contributed by atoms with van der Waals surface area (Å²) in [7, 11) is 6.32. The molecule has 34 heavy (non-hydrogen) atoms. The van der Waals surface area contributed by atoms with E-state index in [1.165, 1.54) is 0 Å². The smallest absolute Gasteiger partial charge is 0.227 e. The predicted octanol–water partition coefficient (Wildman–Crippen LogP) is 3.53. The minimum atomic E-state index is -0.0573. The van der Waals surface area contributed by atoms with Crippen LogP contribution < -0.4 is 24.3 Å². The second-order valence-electron chi connectivity index (χ2n) is 8.08. The van der Waals surface area contributed by atoms with Gasteiger partial charge < -0.3 is 34.3 Å². The van der Waals surface area contributed by atoms with Crippen molar-refractivity contribution in [3.05, 3.63) is 41.5 Å². The Bertz CT molecular complexity index is 974. The molecule has 0 bridgehead atoms. The summed E-state index contributed by atoms with van der Waals surface area (Å²) in [6, 6.07) is 9.40. The number of aliphatic hydroxyl groups excluding tert-OH is 1. The molecule has 0 spiro atoms. The standard InChI is InChI=1S/C26H34N2O6/c1-31-22-8-7-18(5-6-19-16-23(32-2)25(34-4)24(17-19)33-3)15-21(22)27-26(30)20-9-11-28(12-10-20)13-14-29/h5-8,15-17,20,29H,9-14H2,1-4H3,(H,27,30). The molecule has 0 aliphatic carbocycles. The first kappa shape index (κ1) is 25.4. The number of amides is 1. The van der Waals surface area contributed by atoms with Gasteiger partial charge in [-0.2, -0.15) is 0 Å². The predicted molar refractivity (Wildman–Crippen MR) is 133 cm³/mol. The first-order valence-corrected chi connectivity index (χ1v) is 11.3. The lowest BCUT2D eigenvalue weighted by atomic mass is 9.95. The summed E-state index contributed by atoms with van der Waals surface area (Å²) < 4.78 is 21.7. The number of benzene rings is 2. The van der Waals surface area contributed by atoms with Crippen LogP contribution in [0.5, 0.6) is 23.0 Å². The van der Waals surface area contributed by atoms with Crippen molar-refractivity contribution in [1.29, 1.82) is 0 Å². The fraction of sp³-hybridized carbons (Fsp3) is 0.423. The molecule has 3 rings (SSSR count). The Morgan fingerprint density at radius 2 is 1.56 bits per heavy atom. The second-order valence-corrected chi connectivity index (χ2v) is 8.08. The third kappa shape index (κ3) is 6.21. The van der Waals surface area contributed by atoms with Crippen LogP contribution in [-0.4, -0.2) is 70.6 Å². The SMILES string of the molecule is COc1ccc(C=Cc2cc(OC)c(OC)c(OC)c2)cc1NC(=O)C1CCN(CCO)CC1. The maximum atomic E-state index is 12.9. The highest BCUT2D eigenvalue weighted by Gasteiger charge is 2.25. The molecular weight excluding hydrogens is 436 g/mol. The zero-order valence-corrected chi connectivity index (χ0v) is 20.3. The lowest BCUT2D eigenvalue weighted by Crippen LogP contribution is -2.39. The zero-order valence-electron chi connectivity index (χ0n) is 20.3. The third-order valence-electron chi connectivity index (χ3n) is 6.01. The van der Waals surface area contributed by atoms with E-state index in [2.05, 4.69) is 10.2 Å². The highest BCUT2D eigenvalue weighted by molar-refractivity contribution is 5.94. The molecule has 8 heteroatoms. The van der Waals surface area contributed by atoms with Gasteiger partial charge in [-0.25, -0.2) is 0 Å². The largest absolute Gasteiger partial charge is 0.495 e. The van der Waals surface area contributed by atoms with E-state index in [1.54, 1.807) is 28.4 Å². The number of anilines is 1. The number of likely N-dealkylation sites (tertiary alicyclic amines) is 1. The Balaban J connectivity index is 1.75. The van der Waals surface area contributed by atoms with Crippen molar-refractivity contribution >= 4 is 23.7 Å². The molecule has 0 radical (unpaired) electrons. The topological polar surface area (TPSA) is 89.5 Å². The number of methoxy groups -OCH3 is 4. The quantitative estimate of drug-likeness (QED) is 0.514. The Kier molecular flexibility index (Phi) is 9.18. The maximum Gasteiger partial charge on any atom is 0.227 e. The van der Waals surface area contributed by atoms with E-state index >= 15 is 0 Å². The number of hydrogen-bond acceptors (Lipinski definition) is 7. The Labute approximate surface area is 201 Å². The number of β-amino-alcohol motifs (C(OH)–C–C–N with tert-alkyl or cyclic N) is 1. The van der Waals surface area contributed by atoms with Gasteiger partial charge in [-0.05, 0) is 61.3 Å². The summed E-state index contributed by atoms with van der Waals surface area (Å²) in [5, 5.41) is 12.2. The van der Waals surface area contributed by atoms with Crippen molar-refractivity contribution in [2.45, 2.75) is 12.8 Å². The van der Waals surface area contributed by atoms with E-state index in [1.807, 2.05) is 42.5 Å².